The van der Waals surface area contributed by atoms with Crippen LogP contribution in [0.5, 0.6) is 0 Å². The molecular formula is C19H22N4. The molecule has 2 aromatic heterocycles. The molecule has 118 valence electrons. The first-order chi connectivity index (χ1) is 11.2. The molecule has 2 atom stereocenters. The molecule has 0 saturated carbocycles. The van der Waals surface area contributed by atoms with Gasteiger partial charge in [-0.05, 0) is 24.6 Å². The Balaban J connectivity index is 1.57. The van der Waals surface area contributed by atoms with Gasteiger partial charge in [-0.3, -0.25) is 4.90 Å². The fourth-order valence-corrected chi connectivity index (χ4v) is 3.66. The van der Waals surface area contributed by atoms with Crippen LogP contribution in [0.1, 0.15) is 22.9 Å². The lowest BCUT2D eigenvalue weighted by molar-refractivity contribution is 0.318. The molecule has 1 aromatic carbocycles. The van der Waals surface area contributed by atoms with E-state index in [2.05, 4.69) is 69.9 Å². The Morgan fingerprint density at radius 2 is 1.87 bits per heavy atom. The van der Waals surface area contributed by atoms with Crippen molar-refractivity contribution in [3.8, 4) is 0 Å². The average molecular weight is 306 g/mol. The number of nitrogens with two attached hydrogens (primary N) is 1. The van der Waals surface area contributed by atoms with Crippen molar-refractivity contribution in [3.05, 3.63) is 71.7 Å². The number of likely N-dealkylation sites (tertiary alicyclic amines) is 1. The molecule has 1 aliphatic heterocycles. The molecule has 3 aromatic rings. The van der Waals surface area contributed by atoms with Gasteiger partial charge in [-0.25, -0.2) is 4.98 Å². The molecule has 0 aliphatic carbocycles. The zero-order valence-electron chi connectivity index (χ0n) is 13.4. The first-order valence-electron chi connectivity index (χ1n) is 8.18. The molecule has 1 saturated heterocycles. The number of pyridine rings is 1. The van der Waals surface area contributed by atoms with E-state index in [0.29, 0.717) is 5.92 Å². The predicted molar refractivity (Wildman–Crippen MR) is 92.4 cm³/mol. The second-order valence-corrected chi connectivity index (χ2v) is 6.45. The molecule has 0 amide bonds. The Kier molecular flexibility index (Phi) is 3.63. The van der Waals surface area contributed by atoms with E-state index in [-0.39, 0.29) is 6.04 Å². The van der Waals surface area contributed by atoms with Crippen LogP contribution in [0, 0.1) is 6.92 Å². The summed E-state index contributed by atoms with van der Waals surface area (Å²) in [6.07, 6.45) is 2.09. The summed E-state index contributed by atoms with van der Waals surface area (Å²) in [6.45, 7) is 4.92. The second-order valence-electron chi connectivity index (χ2n) is 6.45. The number of aryl methyl sites for hydroxylation is 1. The Bertz CT molecular complexity index is 809. The van der Waals surface area contributed by atoms with Crippen molar-refractivity contribution >= 4 is 5.65 Å². The molecule has 4 heteroatoms. The van der Waals surface area contributed by atoms with Gasteiger partial charge < -0.3 is 10.1 Å². The van der Waals surface area contributed by atoms with Crippen LogP contribution in [0.25, 0.3) is 5.65 Å². The average Bonchev–Trinajstić information content (AvgIpc) is 3.09. The fourth-order valence-electron chi connectivity index (χ4n) is 3.66. The summed E-state index contributed by atoms with van der Waals surface area (Å²) in [7, 11) is 0. The minimum Gasteiger partial charge on any atom is -0.326 e. The minimum atomic E-state index is 0.192. The summed E-state index contributed by atoms with van der Waals surface area (Å²) in [4.78, 5) is 7.11. The van der Waals surface area contributed by atoms with Crippen LogP contribution in [0.3, 0.4) is 0 Å². The maximum absolute atomic E-state index is 6.42. The molecule has 0 unspecified atom stereocenters. The van der Waals surface area contributed by atoms with Crippen molar-refractivity contribution in [2.24, 2.45) is 5.73 Å². The molecule has 3 heterocycles. The second kappa shape index (κ2) is 5.80. The summed E-state index contributed by atoms with van der Waals surface area (Å²) < 4.78 is 2.19. The Morgan fingerprint density at radius 1 is 1.09 bits per heavy atom. The molecule has 0 bridgehead atoms. The van der Waals surface area contributed by atoms with Crippen molar-refractivity contribution in [1.29, 1.82) is 0 Å². The van der Waals surface area contributed by atoms with Crippen LogP contribution in [0.15, 0.2) is 54.7 Å². The van der Waals surface area contributed by atoms with Crippen LogP contribution < -0.4 is 5.73 Å². The molecule has 4 nitrogen and oxygen atoms in total. The molecule has 1 aliphatic rings. The predicted octanol–water partition coefficient (Wildman–Crippen LogP) is 2.57. The van der Waals surface area contributed by atoms with E-state index in [1.165, 1.54) is 11.3 Å². The number of rotatable bonds is 3. The van der Waals surface area contributed by atoms with Crippen molar-refractivity contribution in [2.45, 2.75) is 25.4 Å². The molecular weight excluding hydrogens is 284 g/mol. The number of aromatic nitrogens is 2. The van der Waals surface area contributed by atoms with E-state index in [1.807, 2.05) is 6.07 Å². The van der Waals surface area contributed by atoms with Gasteiger partial charge in [0.15, 0.2) is 0 Å². The van der Waals surface area contributed by atoms with Gasteiger partial charge in [0.2, 0.25) is 0 Å². The summed E-state index contributed by atoms with van der Waals surface area (Å²) in [6, 6.07) is 17.0. The number of benzene rings is 1. The normalized spacial score (nSPS) is 22.0. The quantitative estimate of drug-likeness (QED) is 0.809. The highest BCUT2D eigenvalue weighted by atomic mass is 15.2. The maximum Gasteiger partial charge on any atom is 0.137 e. The van der Waals surface area contributed by atoms with Gasteiger partial charge in [0.05, 0.1) is 11.4 Å². The summed E-state index contributed by atoms with van der Waals surface area (Å²) in [5.41, 5.74) is 11.1. The van der Waals surface area contributed by atoms with Crippen molar-refractivity contribution in [1.82, 2.24) is 14.3 Å². The molecule has 23 heavy (non-hydrogen) atoms. The highest BCUT2D eigenvalue weighted by Gasteiger charge is 2.31. The minimum absolute atomic E-state index is 0.192. The van der Waals surface area contributed by atoms with E-state index < -0.39 is 0 Å². The third-order valence-electron chi connectivity index (χ3n) is 4.87. The maximum atomic E-state index is 6.42. The Hall–Kier alpha value is -2.17. The first kappa shape index (κ1) is 14.4. The highest BCUT2D eigenvalue weighted by Crippen LogP contribution is 2.28. The number of hydrogen-bond acceptors (Lipinski definition) is 3. The van der Waals surface area contributed by atoms with E-state index >= 15 is 0 Å². The van der Waals surface area contributed by atoms with Gasteiger partial charge in [-0.2, -0.15) is 0 Å². The number of nitrogens with zero attached hydrogens (tertiary/aromatic N) is 3. The van der Waals surface area contributed by atoms with Gasteiger partial charge >= 0.3 is 0 Å². The van der Waals surface area contributed by atoms with Gasteiger partial charge in [-0.1, -0.05) is 36.4 Å². The summed E-state index contributed by atoms with van der Waals surface area (Å²) >= 11 is 0. The summed E-state index contributed by atoms with van der Waals surface area (Å²) in [5.74, 6) is 0.413. The van der Waals surface area contributed by atoms with Crippen LogP contribution in [-0.2, 0) is 6.54 Å². The zero-order valence-corrected chi connectivity index (χ0v) is 13.4. The van der Waals surface area contributed by atoms with Crippen molar-refractivity contribution < 1.29 is 0 Å². The molecule has 4 rings (SSSR count). The number of fused-ring (bicyclic) bond motifs is 1. The molecule has 1 fully saturated rings. The monoisotopic (exact) mass is 306 g/mol. The fraction of sp³-hybridized carbons (Fsp3) is 0.316. The van der Waals surface area contributed by atoms with Crippen LogP contribution >= 0.6 is 0 Å². The first-order valence-corrected chi connectivity index (χ1v) is 8.18. The third kappa shape index (κ3) is 2.64. The van der Waals surface area contributed by atoms with Gasteiger partial charge in [0.1, 0.15) is 5.65 Å². The molecule has 0 radical (unpaired) electrons. The summed E-state index contributed by atoms with van der Waals surface area (Å²) in [5, 5.41) is 0. The lowest BCUT2D eigenvalue weighted by Gasteiger charge is -2.16. The number of imidazole rings is 1. The highest BCUT2D eigenvalue weighted by molar-refractivity contribution is 5.42. The van der Waals surface area contributed by atoms with Crippen LogP contribution in [-0.4, -0.2) is 33.4 Å². The van der Waals surface area contributed by atoms with E-state index in [9.17, 15) is 0 Å². The van der Waals surface area contributed by atoms with E-state index in [0.717, 1.165) is 31.0 Å². The van der Waals surface area contributed by atoms with Crippen molar-refractivity contribution in [2.75, 3.05) is 13.1 Å². The standard InChI is InChI=1S/C19H22N4/c1-14-18(23-10-6-5-9-19(23)21-14)13-22-11-16(17(20)12-22)15-7-3-2-4-8-15/h2-10,16-17H,11-13,20H2,1H3/t16-,17+/m0/s1. The SMILES string of the molecule is Cc1nc2ccccn2c1CN1C[C@@H](N)[C@H](c2ccccc2)C1. The smallest absolute Gasteiger partial charge is 0.137 e. The lowest BCUT2D eigenvalue weighted by atomic mass is 9.95. The van der Waals surface area contributed by atoms with Gasteiger partial charge in [0, 0.05) is 37.8 Å². The van der Waals surface area contributed by atoms with E-state index in [1.54, 1.807) is 0 Å². The largest absolute Gasteiger partial charge is 0.326 e. The Labute approximate surface area is 136 Å². The number of hydrogen-bond donors (Lipinski definition) is 1. The lowest BCUT2D eigenvalue weighted by Crippen LogP contribution is -2.28. The van der Waals surface area contributed by atoms with Crippen molar-refractivity contribution in [3.63, 3.8) is 0 Å². The van der Waals surface area contributed by atoms with E-state index in [4.69, 9.17) is 5.73 Å². The van der Waals surface area contributed by atoms with Gasteiger partial charge in [-0.15, -0.1) is 0 Å². The zero-order chi connectivity index (χ0) is 15.8. The molecule has 2 N–H and O–H groups in total. The topological polar surface area (TPSA) is 46.6 Å². The van der Waals surface area contributed by atoms with Crippen LogP contribution in [0.2, 0.25) is 0 Å². The van der Waals surface area contributed by atoms with Crippen LogP contribution in [0.4, 0.5) is 0 Å². The third-order valence-corrected chi connectivity index (χ3v) is 4.87. The van der Waals surface area contributed by atoms with Gasteiger partial charge in [0.25, 0.3) is 0 Å². The molecule has 0 spiro atoms. The Morgan fingerprint density at radius 3 is 2.70 bits per heavy atom.